The molecule has 1 aromatic carbocycles. The number of imidazole rings is 1. The van der Waals surface area contributed by atoms with Crippen LogP contribution in [0.2, 0.25) is 5.02 Å². The third-order valence-corrected chi connectivity index (χ3v) is 2.68. The number of carbonyl (C=O) groups excluding carboxylic acids is 1. The van der Waals surface area contributed by atoms with E-state index in [1.165, 1.54) is 0 Å². The summed E-state index contributed by atoms with van der Waals surface area (Å²) in [6.07, 6.45) is 0.335. The number of aryl methyl sites for hydroxylation is 1. The van der Waals surface area contributed by atoms with Crippen LogP contribution in [-0.2, 0) is 11.2 Å². The number of rotatable bonds is 3. The fraction of sp³-hybridized carbons (Fsp3) is 0.231. The minimum Gasteiger partial charge on any atom is -0.345 e. The number of hydrogen-bond donors (Lipinski definition) is 1. The molecule has 0 atom stereocenters. The standard InChI is InChI=1S/C13H13ClN2O/c1-8(17)6-12-15-9(2)13(16-12)10-4-3-5-11(14)7-10/h3-5,7H,6H2,1-2H3,(H,15,16). The Morgan fingerprint density at radius 3 is 2.88 bits per heavy atom. The summed E-state index contributed by atoms with van der Waals surface area (Å²) in [4.78, 5) is 18.6. The largest absolute Gasteiger partial charge is 0.345 e. The highest BCUT2D eigenvalue weighted by atomic mass is 35.5. The van der Waals surface area contributed by atoms with Crippen LogP contribution in [-0.4, -0.2) is 15.8 Å². The molecule has 4 heteroatoms. The number of H-pyrrole nitrogens is 1. The van der Waals surface area contributed by atoms with Crippen molar-refractivity contribution >= 4 is 17.4 Å². The number of aromatic amines is 1. The van der Waals surface area contributed by atoms with Crippen molar-refractivity contribution in [3.8, 4) is 11.3 Å². The Morgan fingerprint density at radius 2 is 2.24 bits per heavy atom. The van der Waals surface area contributed by atoms with Crippen LogP contribution >= 0.6 is 11.6 Å². The van der Waals surface area contributed by atoms with Crippen LogP contribution in [0.15, 0.2) is 24.3 Å². The molecule has 3 nitrogen and oxygen atoms in total. The van der Waals surface area contributed by atoms with Crippen LogP contribution in [0.5, 0.6) is 0 Å². The van der Waals surface area contributed by atoms with E-state index in [1.54, 1.807) is 6.92 Å². The molecule has 2 aromatic rings. The summed E-state index contributed by atoms with van der Waals surface area (Å²) in [7, 11) is 0. The molecule has 0 aliphatic rings. The van der Waals surface area contributed by atoms with E-state index in [2.05, 4.69) is 9.97 Å². The van der Waals surface area contributed by atoms with Crippen molar-refractivity contribution in [3.63, 3.8) is 0 Å². The van der Waals surface area contributed by atoms with Gasteiger partial charge in [0.1, 0.15) is 11.6 Å². The second-order valence-corrected chi connectivity index (χ2v) is 4.48. The lowest BCUT2D eigenvalue weighted by atomic mass is 10.1. The van der Waals surface area contributed by atoms with E-state index in [9.17, 15) is 4.79 Å². The van der Waals surface area contributed by atoms with Crippen LogP contribution < -0.4 is 0 Å². The fourth-order valence-corrected chi connectivity index (χ4v) is 1.95. The molecule has 0 saturated carbocycles. The SMILES string of the molecule is CC(=O)Cc1nc(-c2cccc(Cl)c2)c(C)[nH]1. The van der Waals surface area contributed by atoms with E-state index in [0.29, 0.717) is 17.3 Å². The predicted octanol–water partition coefficient (Wildman–Crippen LogP) is 3.17. The van der Waals surface area contributed by atoms with Gasteiger partial charge in [-0.25, -0.2) is 4.98 Å². The fourth-order valence-electron chi connectivity index (χ4n) is 1.76. The van der Waals surface area contributed by atoms with Crippen LogP contribution in [0.4, 0.5) is 0 Å². The molecule has 0 aliphatic carbocycles. The highest BCUT2D eigenvalue weighted by molar-refractivity contribution is 6.30. The minimum absolute atomic E-state index is 0.0939. The zero-order valence-electron chi connectivity index (χ0n) is 9.75. The maximum absolute atomic E-state index is 11.0. The quantitative estimate of drug-likeness (QED) is 0.907. The van der Waals surface area contributed by atoms with E-state index in [-0.39, 0.29) is 5.78 Å². The Balaban J connectivity index is 2.39. The molecule has 17 heavy (non-hydrogen) atoms. The van der Waals surface area contributed by atoms with Gasteiger partial charge in [-0.3, -0.25) is 4.79 Å². The molecule has 1 heterocycles. The zero-order valence-corrected chi connectivity index (χ0v) is 10.5. The van der Waals surface area contributed by atoms with E-state index in [1.807, 2.05) is 31.2 Å². The monoisotopic (exact) mass is 248 g/mol. The molecule has 0 saturated heterocycles. The van der Waals surface area contributed by atoms with E-state index >= 15 is 0 Å². The molecular formula is C13H13ClN2O. The molecule has 0 unspecified atom stereocenters. The maximum atomic E-state index is 11.0. The molecule has 1 aromatic heterocycles. The van der Waals surface area contributed by atoms with Gasteiger partial charge >= 0.3 is 0 Å². The lowest BCUT2D eigenvalue weighted by Crippen LogP contribution is -1.98. The Morgan fingerprint density at radius 1 is 1.47 bits per heavy atom. The van der Waals surface area contributed by atoms with Gasteiger partial charge in [0.15, 0.2) is 0 Å². The van der Waals surface area contributed by atoms with Crippen molar-refractivity contribution in [2.24, 2.45) is 0 Å². The second kappa shape index (κ2) is 4.72. The Labute approximate surface area is 105 Å². The normalized spacial score (nSPS) is 10.5. The van der Waals surface area contributed by atoms with Crippen molar-refractivity contribution in [2.45, 2.75) is 20.3 Å². The summed E-state index contributed by atoms with van der Waals surface area (Å²) in [5, 5.41) is 0.679. The summed E-state index contributed by atoms with van der Waals surface area (Å²) >= 11 is 5.95. The van der Waals surface area contributed by atoms with Crippen LogP contribution in [0, 0.1) is 6.92 Å². The summed E-state index contributed by atoms with van der Waals surface area (Å²) in [5.41, 5.74) is 2.76. The molecule has 1 N–H and O–H groups in total. The molecule has 88 valence electrons. The van der Waals surface area contributed by atoms with Crippen LogP contribution in [0.25, 0.3) is 11.3 Å². The first-order chi connectivity index (χ1) is 8.06. The Kier molecular flexibility index (Phi) is 3.29. The van der Waals surface area contributed by atoms with Crippen molar-refractivity contribution < 1.29 is 4.79 Å². The predicted molar refractivity (Wildman–Crippen MR) is 68.2 cm³/mol. The average molecular weight is 249 g/mol. The van der Waals surface area contributed by atoms with E-state index in [4.69, 9.17) is 11.6 Å². The number of benzene rings is 1. The number of Topliss-reactive ketones (excluding diaryl/α,β-unsaturated/α-hetero) is 1. The van der Waals surface area contributed by atoms with Gasteiger partial charge in [0.25, 0.3) is 0 Å². The van der Waals surface area contributed by atoms with E-state index in [0.717, 1.165) is 17.0 Å². The summed E-state index contributed by atoms with van der Waals surface area (Å²) in [6.45, 7) is 3.49. The number of ketones is 1. The summed E-state index contributed by atoms with van der Waals surface area (Å²) < 4.78 is 0. The molecule has 0 bridgehead atoms. The van der Waals surface area contributed by atoms with Gasteiger partial charge in [0.2, 0.25) is 0 Å². The number of aromatic nitrogens is 2. The number of halogens is 1. The first-order valence-corrected chi connectivity index (χ1v) is 5.75. The molecule has 2 rings (SSSR count). The molecule has 0 amide bonds. The molecule has 0 fully saturated rings. The first kappa shape index (κ1) is 11.9. The Hall–Kier alpha value is -1.61. The van der Waals surface area contributed by atoms with Gasteiger partial charge in [-0.1, -0.05) is 23.7 Å². The van der Waals surface area contributed by atoms with Gasteiger partial charge in [0, 0.05) is 16.3 Å². The van der Waals surface area contributed by atoms with Crippen molar-refractivity contribution in [1.82, 2.24) is 9.97 Å². The van der Waals surface area contributed by atoms with E-state index < -0.39 is 0 Å². The number of nitrogens with one attached hydrogen (secondary N) is 1. The third-order valence-electron chi connectivity index (χ3n) is 2.45. The van der Waals surface area contributed by atoms with Crippen molar-refractivity contribution in [2.75, 3.05) is 0 Å². The van der Waals surface area contributed by atoms with Gasteiger partial charge in [-0.2, -0.15) is 0 Å². The van der Waals surface area contributed by atoms with Crippen molar-refractivity contribution in [3.05, 3.63) is 40.8 Å². The van der Waals surface area contributed by atoms with Crippen molar-refractivity contribution in [1.29, 1.82) is 0 Å². The lowest BCUT2D eigenvalue weighted by molar-refractivity contribution is -0.116. The summed E-state index contributed by atoms with van der Waals surface area (Å²) in [5.74, 6) is 0.793. The summed E-state index contributed by atoms with van der Waals surface area (Å²) in [6, 6.07) is 7.52. The molecule has 0 radical (unpaired) electrons. The molecule has 0 aliphatic heterocycles. The third kappa shape index (κ3) is 2.74. The zero-order chi connectivity index (χ0) is 12.4. The van der Waals surface area contributed by atoms with Crippen LogP contribution in [0.3, 0.4) is 0 Å². The van der Waals surface area contributed by atoms with Gasteiger partial charge in [0.05, 0.1) is 12.1 Å². The highest BCUT2D eigenvalue weighted by Crippen LogP contribution is 2.24. The Bertz CT molecular complexity index is 560. The number of hydrogen-bond acceptors (Lipinski definition) is 2. The average Bonchev–Trinajstić information content (AvgIpc) is 2.58. The highest BCUT2D eigenvalue weighted by Gasteiger charge is 2.10. The van der Waals surface area contributed by atoms with Gasteiger partial charge in [-0.15, -0.1) is 0 Å². The number of carbonyl (C=O) groups is 1. The lowest BCUT2D eigenvalue weighted by Gasteiger charge is -1.98. The second-order valence-electron chi connectivity index (χ2n) is 4.05. The molecular weight excluding hydrogens is 236 g/mol. The molecule has 0 spiro atoms. The minimum atomic E-state index is 0.0939. The topological polar surface area (TPSA) is 45.8 Å². The van der Waals surface area contributed by atoms with Gasteiger partial charge < -0.3 is 4.98 Å². The smallest absolute Gasteiger partial charge is 0.137 e. The van der Waals surface area contributed by atoms with Crippen LogP contribution in [0.1, 0.15) is 18.4 Å². The first-order valence-electron chi connectivity index (χ1n) is 5.37. The maximum Gasteiger partial charge on any atom is 0.137 e. The van der Waals surface area contributed by atoms with Gasteiger partial charge in [-0.05, 0) is 26.0 Å². The number of nitrogens with zero attached hydrogens (tertiary/aromatic N) is 1.